The van der Waals surface area contributed by atoms with Crippen molar-refractivity contribution in [3.8, 4) is 0 Å². The van der Waals surface area contributed by atoms with Crippen molar-refractivity contribution in [3.63, 3.8) is 0 Å². The van der Waals surface area contributed by atoms with Gasteiger partial charge in [-0.3, -0.25) is 4.90 Å². The molecule has 3 saturated heterocycles. The van der Waals surface area contributed by atoms with Crippen LogP contribution in [0.2, 0.25) is 0 Å². The summed E-state index contributed by atoms with van der Waals surface area (Å²) in [6.07, 6.45) is 4.14. The van der Waals surface area contributed by atoms with Gasteiger partial charge in [-0.05, 0) is 68.7 Å². The Morgan fingerprint density at radius 2 is 1.81 bits per heavy atom. The number of ether oxygens (including phenoxy) is 1. The van der Waals surface area contributed by atoms with Crippen molar-refractivity contribution in [1.29, 1.82) is 0 Å². The predicted octanol–water partition coefficient (Wildman–Crippen LogP) is 4.12. The van der Waals surface area contributed by atoms with Crippen LogP contribution in [0.1, 0.15) is 50.7 Å². The van der Waals surface area contributed by atoms with Crippen molar-refractivity contribution in [1.82, 2.24) is 14.7 Å². The van der Waals surface area contributed by atoms with E-state index in [2.05, 4.69) is 54.9 Å². The number of amides is 2. The van der Waals surface area contributed by atoms with Crippen molar-refractivity contribution in [2.45, 2.75) is 65.0 Å². The summed E-state index contributed by atoms with van der Waals surface area (Å²) in [6.45, 7) is 17.1. The number of rotatable bonds is 4. The molecule has 0 aromatic heterocycles. The number of nitrogens with one attached hydrogen (secondary N) is 1. The van der Waals surface area contributed by atoms with Crippen molar-refractivity contribution in [3.05, 3.63) is 29.3 Å². The lowest BCUT2D eigenvalue weighted by Gasteiger charge is -2.49. The summed E-state index contributed by atoms with van der Waals surface area (Å²) in [6, 6.07) is 6.74. The van der Waals surface area contributed by atoms with Gasteiger partial charge in [-0.15, -0.1) is 0 Å². The van der Waals surface area contributed by atoms with Crippen molar-refractivity contribution >= 4 is 11.7 Å². The number of benzene rings is 1. The summed E-state index contributed by atoms with van der Waals surface area (Å²) in [5.74, 6) is 0.741. The monoisotopic (exact) mass is 442 g/mol. The number of urea groups is 1. The number of nitrogens with zero attached hydrogens (tertiary/aromatic N) is 3. The molecule has 0 radical (unpaired) electrons. The van der Waals surface area contributed by atoms with Crippen molar-refractivity contribution < 1.29 is 9.53 Å². The molecule has 1 spiro atoms. The molecule has 32 heavy (non-hydrogen) atoms. The molecule has 0 bridgehead atoms. The van der Waals surface area contributed by atoms with Gasteiger partial charge in [0.25, 0.3) is 0 Å². The highest BCUT2D eigenvalue weighted by molar-refractivity contribution is 5.89. The average molecular weight is 443 g/mol. The van der Waals surface area contributed by atoms with Gasteiger partial charge in [0.2, 0.25) is 0 Å². The molecule has 1 aromatic rings. The Labute approximate surface area is 194 Å². The summed E-state index contributed by atoms with van der Waals surface area (Å²) in [5.41, 5.74) is 3.28. The van der Waals surface area contributed by atoms with Gasteiger partial charge in [0.05, 0.1) is 5.60 Å². The average Bonchev–Trinajstić information content (AvgIpc) is 2.77. The van der Waals surface area contributed by atoms with E-state index in [1.165, 1.54) is 43.9 Å². The van der Waals surface area contributed by atoms with E-state index in [1.54, 1.807) is 0 Å². The lowest BCUT2D eigenvalue weighted by molar-refractivity contribution is -0.131. The Hall–Kier alpha value is -1.63. The topological polar surface area (TPSA) is 48.1 Å². The van der Waals surface area contributed by atoms with Crippen LogP contribution in [0.4, 0.5) is 10.5 Å². The van der Waals surface area contributed by atoms with Gasteiger partial charge in [0, 0.05) is 64.1 Å². The summed E-state index contributed by atoms with van der Waals surface area (Å²) in [7, 11) is 0. The summed E-state index contributed by atoms with van der Waals surface area (Å²) in [5, 5.41) is 3.08. The number of carbonyl (C=O) groups is 1. The van der Waals surface area contributed by atoms with Crippen molar-refractivity contribution in [2.24, 2.45) is 5.92 Å². The van der Waals surface area contributed by atoms with Crippen LogP contribution >= 0.6 is 0 Å². The van der Waals surface area contributed by atoms with E-state index in [9.17, 15) is 4.79 Å². The maximum absolute atomic E-state index is 12.8. The van der Waals surface area contributed by atoms with E-state index in [4.69, 9.17) is 4.74 Å². The number of piperidine rings is 1. The number of carbonyl (C=O) groups excluding carboxylic acids is 1. The molecule has 1 atom stereocenters. The molecule has 3 aliphatic heterocycles. The fourth-order valence-electron chi connectivity index (χ4n) is 5.63. The number of hydrogen-bond acceptors (Lipinski definition) is 4. The molecule has 6 heteroatoms. The van der Waals surface area contributed by atoms with Gasteiger partial charge in [-0.2, -0.15) is 0 Å². The van der Waals surface area contributed by atoms with Crippen LogP contribution in [0, 0.1) is 19.8 Å². The normalized spacial score (nSPS) is 24.8. The number of anilines is 1. The molecule has 3 fully saturated rings. The zero-order valence-corrected chi connectivity index (χ0v) is 20.5. The Kier molecular flexibility index (Phi) is 7.43. The summed E-state index contributed by atoms with van der Waals surface area (Å²) >= 11 is 0. The van der Waals surface area contributed by atoms with E-state index >= 15 is 0 Å². The molecule has 1 N–H and O–H groups in total. The van der Waals surface area contributed by atoms with Crippen LogP contribution in [-0.4, -0.2) is 84.8 Å². The first-order chi connectivity index (χ1) is 15.3. The van der Waals surface area contributed by atoms with E-state index in [0.29, 0.717) is 6.04 Å². The quantitative estimate of drug-likeness (QED) is 0.762. The SMILES string of the molecule is Cc1ccc(NC(=O)N2CCC3(CC2)CC(N2CCN(CC(C)C)CC2)CCO3)cc1C. The van der Waals surface area contributed by atoms with Crippen molar-refractivity contribution in [2.75, 3.05) is 57.7 Å². The molecule has 0 saturated carbocycles. The third-order valence-electron chi connectivity index (χ3n) is 7.73. The maximum Gasteiger partial charge on any atom is 0.321 e. The largest absolute Gasteiger partial charge is 0.375 e. The highest BCUT2D eigenvalue weighted by Gasteiger charge is 2.43. The lowest BCUT2D eigenvalue weighted by Crippen LogP contribution is -2.57. The second-order valence-electron chi connectivity index (χ2n) is 10.6. The van der Waals surface area contributed by atoms with Gasteiger partial charge in [-0.25, -0.2) is 4.79 Å². The van der Waals surface area contributed by atoms with Crippen LogP contribution in [-0.2, 0) is 4.74 Å². The minimum absolute atomic E-state index is 0.0109. The molecule has 1 aromatic carbocycles. The van der Waals surface area contributed by atoms with Gasteiger partial charge >= 0.3 is 6.03 Å². The minimum atomic E-state index is -0.0464. The van der Waals surface area contributed by atoms with Gasteiger partial charge in [0.15, 0.2) is 0 Å². The second kappa shape index (κ2) is 10.1. The molecule has 178 valence electrons. The molecule has 3 heterocycles. The number of likely N-dealkylation sites (tertiary alicyclic amines) is 1. The second-order valence-corrected chi connectivity index (χ2v) is 10.6. The Balaban J connectivity index is 1.27. The summed E-state index contributed by atoms with van der Waals surface area (Å²) < 4.78 is 6.38. The zero-order valence-electron chi connectivity index (χ0n) is 20.5. The van der Waals surface area contributed by atoms with Crippen LogP contribution in [0.5, 0.6) is 0 Å². The van der Waals surface area contributed by atoms with Crippen LogP contribution in [0.3, 0.4) is 0 Å². The van der Waals surface area contributed by atoms with E-state index in [-0.39, 0.29) is 11.6 Å². The number of aryl methyl sites for hydroxylation is 2. The molecule has 6 nitrogen and oxygen atoms in total. The molecular formula is C26H42N4O2. The van der Waals surface area contributed by atoms with Crippen LogP contribution in [0.25, 0.3) is 0 Å². The third kappa shape index (κ3) is 5.64. The third-order valence-corrected chi connectivity index (χ3v) is 7.73. The zero-order chi connectivity index (χ0) is 22.7. The first kappa shape index (κ1) is 23.5. The Bertz CT molecular complexity index is 780. The highest BCUT2D eigenvalue weighted by Crippen LogP contribution is 2.37. The fraction of sp³-hybridized carbons (Fsp3) is 0.731. The fourth-order valence-corrected chi connectivity index (χ4v) is 5.63. The van der Waals surface area contributed by atoms with Gasteiger partial charge in [-0.1, -0.05) is 19.9 Å². The number of hydrogen-bond donors (Lipinski definition) is 1. The van der Waals surface area contributed by atoms with E-state index in [1.807, 2.05) is 11.0 Å². The van der Waals surface area contributed by atoms with Gasteiger partial charge in [0.1, 0.15) is 0 Å². The predicted molar refractivity (Wildman–Crippen MR) is 130 cm³/mol. The van der Waals surface area contributed by atoms with E-state index in [0.717, 1.165) is 57.0 Å². The Morgan fingerprint density at radius 1 is 1.09 bits per heavy atom. The summed E-state index contributed by atoms with van der Waals surface area (Å²) in [4.78, 5) is 20.1. The first-order valence-corrected chi connectivity index (χ1v) is 12.6. The molecular weight excluding hydrogens is 400 g/mol. The Morgan fingerprint density at radius 3 is 2.47 bits per heavy atom. The number of piperazine rings is 1. The lowest BCUT2D eigenvalue weighted by atomic mass is 9.81. The molecule has 1 unspecified atom stereocenters. The van der Waals surface area contributed by atoms with Crippen LogP contribution in [0.15, 0.2) is 18.2 Å². The molecule has 3 aliphatic rings. The molecule has 4 rings (SSSR count). The highest BCUT2D eigenvalue weighted by atomic mass is 16.5. The molecule has 2 amide bonds. The smallest absolute Gasteiger partial charge is 0.321 e. The van der Waals surface area contributed by atoms with Gasteiger partial charge < -0.3 is 19.9 Å². The minimum Gasteiger partial charge on any atom is -0.375 e. The maximum atomic E-state index is 12.8. The van der Waals surface area contributed by atoms with E-state index < -0.39 is 0 Å². The van der Waals surface area contributed by atoms with Crippen LogP contribution < -0.4 is 5.32 Å². The first-order valence-electron chi connectivity index (χ1n) is 12.6. The molecule has 0 aliphatic carbocycles. The standard InChI is InChI=1S/C26H42N4O2/c1-20(2)19-28-12-14-29(15-13-28)24-7-16-32-26(18-24)8-10-30(11-9-26)25(31)27-23-6-5-21(3)22(4)17-23/h5-6,17,20,24H,7-16,18-19H2,1-4H3,(H,27,31).